The topological polar surface area (TPSA) is 102 Å². The van der Waals surface area contributed by atoms with Gasteiger partial charge < -0.3 is 0 Å². The van der Waals surface area contributed by atoms with Gasteiger partial charge in [-0.25, -0.2) is 4.83 Å². The summed E-state index contributed by atoms with van der Waals surface area (Å²) in [6.45, 7) is 0. The van der Waals surface area contributed by atoms with Crippen LogP contribution in [0.1, 0.15) is 4.88 Å². The number of hydrogen-bond acceptors (Lipinski definition) is 6. The maximum Gasteiger partial charge on any atom is 0.276 e. The van der Waals surface area contributed by atoms with E-state index in [1.54, 1.807) is 12.1 Å². The Morgan fingerprint density at radius 3 is 2.43 bits per heavy atom. The monoisotopic (exact) mass is 345 g/mol. The van der Waals surface area contributed by atoms with E-state index < -0.39 is 14.9 Å². The van der Waals surface area contributed by atoms with Gasteiger partial charge in [-0.1, -0.05) is 11.6 Å². The van der Waals surface area contributed by atoms with Crippen molar-refractivity contribution >= 4 is 44.9 Å². The Morgan fingerprint density at radius 2 is 1.90 bits per heavy atom. The first-order chi connectivity index (χ1) is 9.88. The number of nitrogens with one attached hydrogen (secondary N) is 1. The lowest BCUT2D eigenvalue weighted by molar-refractivity contribution is -0.384. The largest absolute Gasteiger partial charge is 0.276 e. The first-order valence-electron chi connectivity index (χ1n) is 5.43. The molecule has 0 unspecified atom stereocenters. The Bertz CT molecular complexity index is 784. The van der Waals surface area contributed by atoms with Gasteiger partial charge in [0.2, 0.25) is 0 Å². The fraction of sp³-hybridized carbons (Fsp3) is 0. The summed E-state index contributed by atoms with van der Waals surface area (Å²) in [4.78, 5) is 12.5. The molecule has 10 heteroatoms. The van der Waals surface area contributed by atoms with Crippen LogP contribution in [0.15, 0.2) is 46.4 Å². The molecule has 0 saturated carbocycles. The molecule has 2 aromatic rings. The summed E-state index contributed by atoms with van der Waals surface area (Å²) in [6.07, 6.45) is 1.32. The second-order valence-electron chi connectivity index (χ2n) is 3.75. The second kappa shape index (κ2) is 6.20. The molecule has 0 atom stereocenters. The molecule has 0 fully saturated rings. The van der Waals surface area contributed by atoms with Gasteiger partial charge in [0.05, 0.1) is 20.4 Å². The van der Waals surface area contributed by atoms with E-state index in [0.717, 1.165) is 24.3 Å². The molecule has 0 bridgehead atoms. The number of thiophene rings is 1. The van der Waals surface area contributed by atoms with Crippen LogP contribution in [-0.2, 0) is 10.0 Å². The van der Waals surface area contributed by atoms with Crippen LogP contribution in [0.4, 0.5) is 5.69 Å². The minimum Gasteiger partial charge on any atom is -0.258 e. The Balaban J connectivity index is 2.11. The Morgan fingerprint density at radius 1 is 1.24 bits per heavy atom. The third-order valence-electron chi connectivity index (χ3n) is 2.32. The van der Waals surface area contributed by atoms with E-state index in [-0.39, 0.29) is 10.6 Å². The fourth-order valence-corrected chi connectivity index (χ4v) is 3.08. The minimum atomic E-state index is -3.86. The molecule has 7 nitrogen and oxygen atoms in total. The zero-order valence-electron chi connectivity index (χ0n) is 10.3. The molecule has 0 saturated heterocycles. The smallest absolute Gasteiger partial charge is 0.258 e. The van der Waals surface area contributed by atoms with Crippen molar-refractivity contribution in [3.05, 3.63) is 55.7 Å². The highest BCUT2D eigenvalue weighted by Gasteiger charge is 2.14. The van der Waals surface area contributed by atoms with Crippen molar-refractivity contribution in [1.29, 1.82) is 0 Å². The predicted molar refractivity (Wildman–Crippen MR) is 80.3 cm³/mol. The van der Waals surface area contributed by atoms with Crippen LogP contribution in [-0.4, -0.2) is 19.6 Å². The van der Waals surface area contributed by atoms with Gasteiger partial charge in [-0.05, 0) is 24.3 Å². The maximum absolute atomic E-state index is 11.9. The molecule has 1 aromatic carbocycles. The van der Waals surface area contributed by atoms with Gasteiger partial charge in [-0.2, -0.15) is 13.5 Å². The quantitative estimate of drug-likeness (QED) is 0.511. The van der Waals surface area contributed by atoms with Crippen LogP contribution >= 0.6 is 22.9 Å². The van der Waals surface area contributed by atoms with Crippen molar-refractivity contribution in [3.8, 4) is 0 Å². The molecule has 0 amide bonds. The van der Waals surface area contributed by atoms with Gasteiger partial charge in [0, 0.05) is 17.0 Å². The van der Waals surface area contributed by atoms with Gasteiger partial charge in [0.15, 0.2) is 0 Å². The number of nitro groups is 1. The summed E-state index contributed by atoms with van der Waals surface area (Å²) >= 11 is 6.97. The van der Waals surface area contributed by atoms with Crippen LogP contribution in [0.25, 0.3) is 0 Å². The average Bonchev–Trinajstić information content (AvgIpc) is 2.84. The summed E-state index contributed by atoms with van der Waals surface area (Å²) in [6, 6.07) is 7.85. The molecule has 2 rings (SSSR count). The van der Waals surface area contributed by atoms with Gasteiger partial charge in [-0.15, -0.1) is 11.3 Å². The second-order valence-corrected chi connectivity index (χ2v) is 7.15. The number of nitro benzene ring substituents is 1. The summed E-state index contributed by atoms with van der Waals surface area (Å²) < 4.78 is 24.3. The van der Waals surface area contributed by atoms with Crippen molar-refractivity contribution in [1.82, 2.24) is 4.83 Å². The molecular formula is C11H8ClN3O4S2. The Kier molecular flexibility index (Phi) is 4.56. The minimum absolute atomic E-state index is 0.116. The lowest BCUT2D eigenvalue weighted by Gasteiger charge is -2.02. The SMILES string of the molecule is O=[N+]([O-])c1ccc(S(=O)(=O)N/N=C\c2ccc(Cl)s2)cc1. The zero-order valence-corrected chi connectivity index (χ0v) is 12.7. The molecule has 0 aliphatic carbocycles. The summed E-state index contributed by atoms with van der Waals surface area (Å²) in [5.74, 6) is 0. The number of hydrogen-bond donors (Lipinski definition) is 1. The van der Waals surface area contributed by atoms with E-state index in [9.17, 15) is 18.5 Å². The van der Waals surface area contributed by atoms with Crippen LogP contribution < -0.4 is 4.83 Å². The third kappa shape index (κ3) is 4.00. The van der Waals surface area contributed by atoms with Crippen LogP contribution in [0.5, 0.6) is 0 Å². The first-order valence-corrected chi connectivity index (χ1v) is 8.11. The number of hydrazone groups is 1. The maximum atomic E-state index is 11.9. The molecule has 1 heterocycles. The fourth-order valence-electron chi connectivity index (χ4n) is 1.36. The highest BCUT2D eigenvalue weighted by molar-refractivity contribution is 7.89. The van der Waals surface area contributed by atoms with E-state index in [4.69, 9.17) is 11.6 Å². The first kappa shape index (κ1) is 15.4. The number of benzene rings is 1. The van der Waals surface area contributed by atoms with E-state index in [2.05, 4.69) is 5.10 Å². The highest BCUT2D eigenvalue weighted by atomic mass is 35.5. The number of sulfonamides is 1. The van der Waals surface area contributed by atoms with Gasteiger partial charge in [0.25, 0.3) is 15.7 Å². The number of rotatable bonds is 5. The molecule has 0 aliphatic heterocycles. The molecule has 1 N–H and O–H groups in total. The van der Waals surface area contributed by atoms with Crippen molar-refractivity contribution in [2.24, 2.45) is 5.10 Å². The van der Waals surface area contributed by atoms with Gasteiger partial charge >= 0.3 is 0 Å². The Hall–Kier alpha value is -1.97. The van der Waals surface area contributed by atoms with Crippen molar-refractivity contribution in [3.63, 3.8) is 0 Å². The van der Waals surface area contributed by atoms with Gasteiger partial charge in [0.1, 0.15) is 0 Å². The number of non-ortho nitro benzene ring substituents is 1. The predicted octanol–water partition coefficient (Wildman–Crippen LogP) is 2.62. The van der Waals surface area contributed by atoms with E-state index in [1.807, 2.05) is 4.83 Å². The van der Waals surface area contributed by atoms with Gasteiger partial charge in [-0.3, -0.25) is 10.1 Å². The van der Waals surface area contributed by atoms with E-state index >= 15 is 0 Å². The average molecular weight is 346 g/mol. The highest BCUT2D eigenvalue weighted by Crippen LogP contribution is 2.19. The number of nitrogens with zero attached hydrogens (tertiary/aromatic N) is 2. The molecule has 1 aromatic heterocycles. The summed E-state index contributed by atoms with van der Waals surface area (Å²) in [5.41, 5.74) is -0.189. The molecule has 0 radical (unpaired) electrons. The van der Waals surface area contributed by atoms with Crippen LogP contribution in [0, 0.1) is 10.1 Å². The lowest BCUT2D eigenvalue weighted by Crippen LogP contribution is -2.18. The van der Waals surface area contributed by atoms with E-state index in [1.165, 1.54) is 17.6 Å². The molecular weight excluding hydrogens is 338 g/mol. The van der Waals surface area contributed by atoms with Crippen molar-refractivity contribution in [2.75, 3.05) is 0 Å². The summed E-state index contributed by atoms with van der Waals surface area (Å²) in [7, 11) is -3.86. The molecule has 0 aliphatic rings. The normalized spacial score (nSPS) is 11.7. The molecule has 110 valence electrons. The zero-order chi connectivity index (χ0) is 15.5. The number of halogens is 1. The van der Waals surface area contributed by atoms with Crippen LogP contribution in [0.2, 0.25) is 4.34 Å². The molecule has 0 spiro atoms. The van der Waals surface area contributed by atoms with Crippen LogP contribution in [0.3, 0.4) is 0 Å². The van der Waals surface area contributed by atoms with Crippen molar-refractivity contribution in [2.45, 2.75) is 4.90 Å². The molecule has 21 heavy (non-hydrogen) atoms. The third-order valence-corrected chi connectivity index (χ3v) is 4.72. The Labute approximate surface area is 129 Å². The lowest BCUT2D eigenvalue weighted by atomic mass is 10.3. The van der Waals surface area contributed by atoms with E-state index in [0.29, 0.717) is 9.21 Å². The van der Waals surface area contributed by atoms with Crippen molar-refractivity contribution < 1.29 is 13.3 Å². The summed E-state index contributed by atoms with van der Waals surface area (Å²) in [5, 5.41) is 14.1. The standard InChI is InChI=1S/C11H8ClN3O4S2/c12-11-6-3-9(20-11)7-13-14-21(18,19)10-4-1-8(2-5-10)15(16)17/h1-7,14H/b13-7-.